The van der Waals surface area contributed by atoms with E-state index in [1.807, 2.05) is 49.3 Å². The molecule has 170 valence electrons. The molecular weight excluding hydrogens is 414 g/mol. The molecule has 1 amide bonds. The molecule has 2 fully saturated rings. The van der Waals surface area contributed by atoms with Crippen LogP contribution in [0.2, 0.25) is 0 Å². The van der Waals surface area contributed by atoms with Crippen molar-refractivity contribution in [1.29, 1.82) is 0 Å². The Labute approximate surface area is 185 Å². The summed E-state index contributed by atoms with van der Waals surface area (Å²) < 4.78 is 11.7. The molecule has 4 rings (SSSR count). The highest BCUT2D eigenvalue weighted by Crippen LogP contribution is 2.29. The number of carbonyl (C=O) groups is 2. The van der Waals surface area contributed by atoms with Crippen LogP contribution in [-0.4, -0.2) is 73.4 Å². The number of carbonyl (C=O) groups excluding carboxylic acids is 2. The van der Waals surface area contributed by atoms with Crippen molar-refractivity contribution >= 4 is 23.5 Å². The molecule has 0 saturated carbocycles. The molecule has 2 aliphatic rings. The third-order valence-electron chi connectivity index (χ3n) is 5.61. The number of nitrogens with zero attached hydrogens (tertiary/aromatic N) is 3. The van der Waals surface area contributed by atoms with E-state index in [-0.39, 0.29) is 43.0 Å². The van der Waals surface area contributed by atoms with Gasteiger partial charge in [0.25, 0.3) is 0 Å². The van der Waals surface area contributed by atoms with Gasteiger partial charge in [0.05, 0.1) is 31.0 Å². The highest BCUT2D eigenvalue weighted by Gasteiger charge is 2.48. The van der Waals surface area contributed by atoms with Crippen molar-refractivity contribution in [3.63, 3.8) is 0 Å². The van der Waals surface area contributed by atoms with Crippen molar-refractivity contribution in [2.75, 3.05) is 37.5 Å². The van der Waals surface area contributed by atoms with Crippen molar-refractivity contribution in [1.82, 2.24) is 15.3 Å². The van der Waals surface area contributed by atoms with E-state index in [0.29, 0.717) is 19.2 Å². The van der Waals surface area contributed by atoms with Gasteiger partial charge in [-0.2, -0.15) is 0 Å². The molecule has 0 spiro atoms. The number of amides is 1. The lowest BCUT2D eigenvalue weighted by molar-refractivity contribution is -0.305. The van der Waals surface area contributed by atoms with Crippen LogP contribution in [0.25, 0.3) is 11.3 Å². The standard InChI is InChI=1S/C22H27N5O5/c1-27(2)14-5-3-13(4-6-14)15-9-10-23-22(25-15)26-17-12-32-20-16(11-31-21(17)20)24-18(28)7-8-19(29)30/h3-6,9-10,16-17,20-21H,7-8,11-12H2,1-2H3,(H,24,28)(H,29,30)(H,23,25,26)/p-1/t16-,17-,20+,21+/m0/s1. The van der Waals surface area contributed by atoms with Gasteiger partial charge in [-0.15, -0.1) is 0 Å². The Morgan fingerprint density at radius 2 is 1.75 bits per heavy atom. The topological polar surface area (TPSA) is 129 Å². The summed E-state index contributed by atoms with van der Waals surface area (Å²) in [5.41, 5.74) is 2.89. The molecule has 2 aromatic rings. The van der Waals surface area contributed by atoms with Gasteiger partial charge >= 0.3 is 0 Å². The number of carboxylic acids is 1. The molecule has 0 unspecified atom stereocenters. The summed E-state index contributed by atoms with van der Waals surface area (Å²) in [4.78, 5) is 33.5. The van der Waals surface area contributed by atoms with Crippen LogP contribution >= 0.6 is 0 Å². The Bertz CT molecular complexity index is 967. The third-order valence-corrected chi connectivity index (χ3v) is 5.61. The normalized spacial score (nSPS) is 24.1. The summed E-state index contributed by atoms with van der Waals surface area (Å²) in [5.74, 6) is -1.14. The molecule has 32 heavy (non-hydrogen) atoms. The molecule has 0 aliphatic carbocycles. The summed E-state index contributed by atoms with van der Waals surface area (Å²) >= 11 is 0. The molecular formula is C22H26N5O5-. The van der Waals surface area contributed by atoms with Gasteiger partial charge in [-0.25, -0.2) is 9.97 Å². The number of fused-ring (bicyclic) bond motifs is 1. The van der Waals surface area contributed by atoms with Gasteiger partial charge in [0, 0.05) is 43.9 Å². The van der Waals surface area contributed by atoms with Gasteiger partial charge in [-0.1, -0.05) is 12.1 Å². The summed E-state index contributed by atoms with van der Waals surface area (Å²) in [6.45, 7) is 0.676. The van der Waals surface area contributed by atoms with Crippen LogP contribution in [0.3, 0.4) is 0 Å². The number of carboxylic acid groups (broad SMARTS) is 1. The van der Waals surface area contributed by atoms with Gasteiger partial charge in [-0.3, -0.25) is 4.79 Å². The van der Waals surface area contributed by atoms with Crippen LogP contribution in [0.15, 0.2) is 36.5 Å². The summed E-state index contributed by atoms with van der Waals surface area (Å²) in [6, 6.07) is 9.46. The zero-order valence-electron chi connectivity index (χ0n) is 18.0. The van der Waals surface area contributed by atoms with E-state index in [2.05, 4.69) is 20.6 Å². The molecule has 2 N–H and O–H groups in total. The molecule has 2 saturated heterocycles. The van der Waals surface area contributed by atoms with Crippen LogP contribution < -0.4 is 20.6 Å². The fourth-order valence-electron chi connectivity index (χ4n) is 3.93. The number of aromatic nitrogens is 2. The van der Waals surface area contributed by atoms with Crippen LogP contribution in [0.5, 0.6) is 0 Å². The smallest absolute Gasteiger partial charge is 0.223 e. The summed E-state index contributed by atoms with van der Waals surface area (Å²) in [5, 5.41) is 16.6. The highest BCUT2D eigenvalue weighted by atomic mass is 16.6. The zero-order chi connectivity index (χ0) is 22.7. The molecule has 4 atom stereocenters. The fraction of sp³-hybridized carbons (Fsp3) is 0.455. The van der Waals surface area contributed by atoms with Gasteiger partial charge in [0.15, 0.2) is 0 Å². The summed E-state index contributed by atoms with van der Waals surface area (Å²) in [7, 11) is 3.99. The SMILES string of the molecule is CN(C)c1ccc(-c2ccnc(N[C@H]3CO[C@H]4[C@@H]3OC[C@@H]4NC(=O)CCC(=O)[O-])n2)cc1. The first-order valence-electron chi connectivity index (χ1n) is 10.5. The molecule has 0 radical (unpaired) electrons. The molecule has 3 heterocycles. The van der Waals surface area contributed by atoms with Crippen LogP contribution in [0, 0.1) is 0 Å². The average Bonchev–Trinajstić information content (AvgIpc) is 3.36. The number of benzene rings is 1. The first kappa shape index (κ1) is 22.0. The summed E-state index contributed by atoms with van der Waals surface area (Å²) in [6.07, 6.45) is 0.667. The van der Waals surface area contributed by atoms with Crippen molar-refractivity contribution in [2.45, 2.75) is 37.1 Å². The lowest BCUT2D eigenvalue weighted by atomic mass is 10.1. The van der Waals surface area contributed by atoms with E-state index < -0.39 is 5.97 Å². The van der Waals surface area contributed by atoms with Crippen LogP contribution in [0.1, 0.15) is 12.8 Å². The number of hydrogen-bond donors (Lipinski definition) is 2. The van der Waals surface area contributed by atoms with Crippen molar-refractivity contribution in [3.8, 4) is 11.3 Å². The monoisotopic (exact) mass is 440 g/mol. The molecule has 0 bridgehead atoms. The maximum absolute atomic E-state index is 11.9. The number of ether oxygens (including phenoxy) is 2. The Hall–Kier alpha value is -3.24. The van der Waals surface area contributed by atoms with E-state index in [1.54, 1.807) is 6.20 Å². The van der Waals surface area contributed by atoms with Crippen LogP contribution in [-0.2, 0) is 19.1 Å². The Balaban J connectivity index is 1.37. The number of aliphatic carboxylic acids is 1. The molecule has 2 aliphatic heterocycles. The van der Waals surface area contributed by atoms with Crippen molar-refractivity contribution < 1.29 is 24.2 Å². The van der Waals surface area contributed by atoms with E-state index in [0.717, 1.165) is 16.9 Å². The second kappa shape index (κ2) is 9.49. The minimum Gasteiger partial charge on any atom is -0.550 e. The second-order valence-corrected chi connectivity index (χ2v) is 8.10. The maximum atomic E-state index is 11.9. The zero-order valence-corrected chi connectivity index (χ0v) is 18.0. The number of nitrogens with one attached hydrogen (secondary N) is 2. The number of hydrogen-bond acceptors (Lipinski definition) is 9. The van der Waals surface area contributed by atoms with E-state index in [9.17, 15) is 14.7 Å². The van der Waals surface area contributed by atoms with Gasteiger partial charge < -0.3 is 34.9 Å². The third kappa shape index (κ3) is 4.97. The predicted molar refractivity (Wildman–Crippen MR) is 115 cm³/mol. The van der Waals surface area contributed by atoms with E-state index in [1.165, 1.54) is 0 Å². The van der Waals surface area contributed by atoms with Gasteiger partial charge in [0.1, 0.15) is 12.2 Å². The Morgan fingerprint density at radius 3 is 2.44 bits per heavy atom. The minimum atomic E-state index is -1.25. The first-order chi connectivity index (χ1) is 15.4. The highest BCUT2D eigenvalue weighted by molar-refractivity contribution is 5.80. The van der Waals surface area contributed by atoms with E-state index >= 15 is 0 Å². The predicted octanol–water partition coefficient (Wildman–Crippen LogP) is -0.197. The number of anilines is 2. The number of rotatable bonds is 8. The Kier molecular flexibility index (Phi) is 6.52. The molecule has 1 aromatic heterocycles. The maximum Gasteiger partial charge on any atom is 0.223 e. The van der Waals surface area contributed by atoms with Gasteiger partial charge in [-0.05, 0) is 24.6 Å². The van der Waals surface area contributed by atoms with Crippen LogP contribution in [0.4, 0.5) is 11.6 Å². The largest absolute Gasteiger partial charge is 0.550 e. The quantitative estimate of drug-likeness (QED) is 0.573. The first-order valence-corrected chi connectivity index (χ1v) is 10.5. The average molecular weight is 440 g/mol. The Morgan fingerprint density at radius 1 is 1.06 bits per heavy atom. The second-order valence-electron chi connectivity index (χ2n) is 8.10. The fourth-order valence-corrected chi connectivity index (χ4v) is 3.93. The molecule has 10 nitrogen and oxygen atoms in total. The lowest BCUT2D eigenvalue weighted by Gasteiger charge is -2.18. The van der Waals surface area contributed by atoms with Gasteiger partial charge in [0.2, 0.25) is 11.9 Å². The molecule has 1 aromatic carbocycles. The minimum absolute atomic E-state index is 0.131. The lowest BCUT2D eigenvalue weighted by Crippen LogP contribution is -2.45. The molecule has 10 heteroatoms. The van der Waals surface area contributed by atoms with Crippen molar-refractivity contribution in [2.24, 2.45) is 0 Å². The van der Waals surface area contributed by atoms with Crippen molar-refractivity contribution in [3.05, 3.63) is 36.5 Å². The van der Waals surface area contributed by atoms with E-state index in [4.69, 9.17) is 9.47 Å².